The number of carbonyl (C=O) groups excluding carboxylic acids is 2. The summed E-state index contributed by atoms with van der Waals surface area (Å²) in [6, 6.07) is 11.9. The number of ether oxygens (including phenoxy) is 1. The Labute approximate surface area is 237 Å². The van der Waals surface area contributed by atoms with E-state index in [0.717, 1.165) is 36.8 Å². The number of hydrogen-bond acceptors (Lipinski definition) is 8. The summed E-state index contributed by atoms with van der Waals surface area (Å²) in [5.41, 5.74) is 8.67. The number of hydrogen-bond donors (Lipinski definition) is 3. The van der Waals surface area contributed by atoms with E-state index in [-0.39, 0.29) is 30.3 Å². The van der Waals surface area contributed by atoms with E-state index >= 15 is 0 Å². The fourth-order valence-corrected chi connectivity index (χ4v) is 5.38. The molecule has 39 heavy (non-hydrogen) atoms. The summed E-state index contributed by atoms with van der Waals surface area (Å²) in [6.07, 6.45) is 5.59. The molecule has 1 saturated carbocycles. The number of rotatable bonds is 7. The Morgan fingerprint density at radius 2 is 1.82 bits per heavy atom. The van der Waals surface area contributed by atoms with Gasteiger partial charge >= 0.3 is 5.97 Å². The normalized spacial score (nSPS) is 17.7. The minimum Gasteiger partial charge on any atom is -0.461 e. The van der Waals surface area contributed by atoms with Gasteiger partial charge in [-0.15, -0.1) is 0 Å². The molecule has 0 spiro atoms. The minimum atomic E-state index is -0.515. The fraction of sp³-hybridized carbons (Fsp3) is 0.357. The lowest BCUT2D eigenvalue weighted by atomic mass is 10.1. The van der Waals surface area contributed by atoms with Crippen molar-refractivity contribution in [1.82, 2.24) is 20.2 Å². The molecule has 204 valence electrons. The zero-order valence-corrected chi connectivity index (χ0v) is 22.8. The van der Waals surface area contributed by atoms with Crippen molar-refractivity contribution < 1.29 is 14.3 Å². The molecule has 1 atom stereocenters. The van der Waals surface area contributed by atoms with Crippen LogP contribution < -0.4 is 16.4 Å². The molecule has 11 heteroatoms. The van der Waals surface area contributed by atoms with E-state index < -0.39 is 6.04 Å². The van der Waals surface area contributed by atoms with Gasteiger partial charge in [0.05, 0.1) is 11.9 Å². The number of benzene rings is 2. The molecule has 2 aliphatic rings. The maximum atomic E-state index is 13.2. The van der Waals surface area contributed by atoms with E-state index in [1.54, 1.807) is 41.4 Å². The van der Waals surface area contributed by atoms with Crippen LogP contribution in [-0.4, -0.2) is 58.5 Å². The predicted octanol–water partition coefficient (Wildman–Crippen LogP) is 4.54. The van der Waals surface area contributed by atoms with E-state index in [4.69, 9.17) is 33.7 Å². The number of aromatic nitrogens is 2. The molecule has 2 aromatic carbocycles. The minimum absolute atomic E-state index is 0.000912. The van der Waals surface area contributed by atoms with Crippen LogP contribution in [0.2, 0.25) is 10.0 Å². The number of nitrogens with zero attached hydrogens (tertiary/aromatic N) is 3. The van der Waals surface area contributed by atoms with Gasteiger partial charge < -0.3 is 26.0 Å². The van der Waals surface area contributed by atoms with Crippen LogP contribution >= 0.6 is 23.2 Å². The lowest BCUT2D eigenvalue weighted by Crippen LogP contribution is -2.56. The highest BCUT2D eigenvalue weighted by molar-refractivity contribution is 6.36. The van der Waals surface area contributed by atoms with E-state index in [2.05, 4.69) is 20.6 Å². The van der Waals surface area contributed by atoms with Gasteiger partial charge in [-0.3, -0.25) is 9.59 Å². The highest BCUT2D eigenvalue weighted by Gasteiger charge is 2.31. The first-order valence-electron chi connectivity index (χ1n) is 13.0. The molecular weight excluding hydrogens is 539 g/mol. The average molecular weight is 569 g/mol. The van der Waals surface area contributed by atoms with Crippen molar-refractivity contribution in [2.75, 3.05) is 30.7 Å². The van der Waals surface area contributed by atoms with E-state index in [1.165, 1.54) is 0 Å². The average Bonchev–Trinajstić information content (AvgIpc) is 3.46. The summed E-state index contributed by atoms with van der Waals surface area (Å²) in [4.78, 5) is 36.4. The summed E-state index contributed by atoms with van der Waals surface area (Å²) in [6.45, 7) is 1.65. The van der Waals surface area contributed by atoms with Gasteiger partial charge in [0.1, 0.15) is 12.1 Å². The van der Waals surface area contributed by atoms with Gasteiger partial charge in [0, 0.05) is 52.9 Å². The molecule has 0 radical (unpaired) electrons. The second-order valence-electron chi connectivity index (χ2n) is 9.72. The predicted molar refractivity (Wildman–Crippen MR) is 152 cm³/mol. The van der Waals surface area contributed by atoms with Crippen LogP contribution in [0.4, 0.5) is 11.6 Å². The number of nitrogens with one attached hydrogen (secondary N) is 2. The third kappa shape index (κ3) is 6.43. The number of nitrogens with two attached hydrogens (primary N) is 1. The quantitative estimate of drug-likeness (QED) is 0.355. The third-order valence-corrected chi connectivity index (χ3v) is 7.76. The van der Waals surface area contributed by atoms with Gasteiger partial charge in [0.15, 0.2) is 11.6 Å². The molecule has 1 aliphatic carbocycles. The number of carbonyl (C=O) groups is 2. The number of anilines is 2. The monoisotopic (exact) mass is 568 g/mol. The Morgan fingerprint density at radius 3 is 2.54 bits per heavy atom. The molecule has 4 N–H and O–H groups in total. The Morgan fingerprint density at radius 1 is 1.10 bits per heavy atom. The second kappa shape index (κ2) is 12.2. The van der Waals surface area contributed by atoms with Crippen molar-refractivity contribution in [3.8, 4) is 11.3 Å². The van der Waals surface area contributed by atoms with Crippen LogP contribution in [0.25, 0.3) is 11.3 Å². The molecule has 1 unspecified atom stereocenters. The molecule has 1 amide bonds. The number of piperazine rings is 1. The zero-order valence-electron chi connectivity index (χ0n) is 21.3. The second-order valence-corrected chi connectivity index (χ2v) is 10.5. The Hall–Kier alpha value is -3.40. The largest absolute Gasteiger partial charge is 0.461 e. The molecule has 2 fully saturated rings. The molecule has 1 saturated heterocycles. The van der Waals surface area contributed by atoms with Crippen molar-refractivity contribution in [3.63, 3.8) is 0 Å². The van der Waals surface area contributed by atoms with Crippen LogP contribution in [0.5, 0.6) is 0 Å². The summed E-state index contributed by atoms with van der Waals surface area (Å²) in [5.74, 6) is 0.232. The van der Waals surface area contributed by atoms with Crippen LogP contribution in [0.15, 0.2) is 48.7 Å². The van der Waals surface area contributed by atoms with E-state index in [0.29, 0.717) is 46.8 Å². The topological polar surface area (TPSA) is 122 Å². The first-order valence-corrected chi connectivity index (χ1v) is 13.8. The van der Waals surface area contributed by atoms with E-state index in [1.807, 2.05) is 12.1 Å². The molecule has 1 aromatic heterocycles. The highest BCUT2D eigenvalue weighted by Crippen LogP contribution is 2.27. The van der Waals surface area contributed by atoms with Crippen molar-refractivity contribution in [3.05, 3.63) is 69.8 Å². The molecular formula is C28H30Cl2N6O3. The lowest BCUT2D eigenvalue weighted by Gasteiger charge is -2.33. The summed E-state index contributed by atoms with van der Waals surface area (Å²) in [7, 11) is 0. The maximum Gasteiger partial charge on any atom is 0.325 e. The maximum absolute atomic E-state index is 13.2. The van der Waals surface area contributed by atoms with Gasteiger partial charge in [-0.1, -0.05) is 41.4 Å². The van der Waals surface area contributed by atoms with Crippen LogP contribution in [-0.2, 0) is 16.1 Å². The van der Waals surface area contributed by atoms with Gasteiger partial charge in [-0.25, -0.2) is 9.97 Å². The number of nitrogen functional groups attached to an aromatic ring is 1. The molecule has 2 heterocycles. The van der Waals surface area contributed by atoms with Crippen molar-refractivity contribution in [1.29, 1.82) is 0 Å². The van der Waals surface area contributed by atoms with Gasteiger partial charge in [0.2, 0.25) is 0 Å². The first-order chi connectivity index (χ1) is 18.9. The standard InChI is InChI=1S/C28H30Cl2N6O3/c29-21-6-3-7-22(30)20(21)14-34-26-25(31)33-15-23(35-26)17-8-10-18(11-9-17)27(37)36-13-12-32-24(16-36)28(38)39-19-4-1-2-5-19/h3,6-11,15,19,24,32H,1-2,4-5,12-14,16H2,(H2,31,33)(H,34,35). The van der Waals surface area contributed by atoms with E-state index in [9.17, 15) is 9.59 Å². The fourth-order valence-electron chi connectivity index (χ4n) is 4.85. The highest BCUT2D eigenvalue weighted by atomic mass is 35.5. The summed E-state index contributed by atoms with van der Waals surface area (Å²) >= 11 is 12.5. The van der Waals surface area contributed by atoms with Gasteiger partial charge in [0.25, 0.3) is 5.91 Å². The Kier molecular flexibility index (Phi) is 8.50. The Balaban J connectivity index is 1.23. The number of esters is 1. The first kappa shape index (κ1) is 27.2. The number of amides is 1. The number of halogens is 2. The smallest absolute Gasteiger partial charge is 0.325 e. The SMILES string of the molecule is Nc1ncc(-c2ccc(C(=O)N3CCNC(C(=O)OC4CCCC4)C3)cc2)nc1NCc1c(Cl)cccc1Cl. The molecule has 5 rings (SSSR count). The molecule has 1 aliphatic heterocycles. The molecule has 9 nitrogen and oxygen atoms in total. The van der Waals surface area contributed by atoms with Crippen LogP contribution in [0, 0.1) is 0 Å². The summed E-state index contributed by atoms with van der Waals surface area (Å²) in [5, 5.41) is 7.42. The van der Waals surface area contributed by atoms with Crippen molar-refractivity contribution in [2.24, 2.45) is 0 Å². The van der Waals surface area contributed by atoms with Crippen LogP contribution in [0.3, 0.4) is 0 Å². The van der Waals surface area contributed by atoms with Crippen LogP contribution in [0.1, 0.15) is 41.6 Å². The summed E-state index contributed by atoms with van der Waals surface area (Å²) < 4.78 is 5.64. The molecule has 0 bridgehead atoms. The molecule has 3 aromatic rings. The lowest BCUT2D eigenvalue weighted by molar-refractivity contribution is -0.152. The zero-order chi connectivity index (χ0) is 27.4. The van der Waals surface area contributed by atoms with Gasteiger partial charge in [-0.05, 0) is 49.9 Å². The van der Waals surface area contributed by atoms with Crippen molar-refractivity contribution in [2.45, 2.75) is 44.4 Å². The Bertz CT molecular complexity index is 1330. The van der Waals surface area contributed by atoms with Crippen molar-refractivity contribution >= 4 is 46.7 Å². The third-order valence-electron chi connectivity index (χ3n) is 7.05. The van der Waals surface area contributed by atoms with Gasteiger partial charge in [-0.2, -0.15) is 0 Å².